The lowest BCUT2D eigenvalue weighted by atomic mass is 10.0. The minimum atomic E-state index is -0.318. The van der Waals surface area contributed by atoms with E-state index in [2.05, 4.69) is 10.3 Å². The molecule has 1 aromatic heterocycles. The van der Waals surface area contributed by atoms with Crippen LogP contribution >= 0.6 is 0 Å². The standard InChI is InChI=1S/C17H20N2O4/c1-10-11(2)17(20)23-15-9-14(22-7-6-21-3)13(8-12(10)15)16-18-4-5-19-16/h8-9H,4-7H2,1-3H3,(H,18,19). The van der Waals surface area contributed by atoms with Gasteiger partial charge in [0.05, 0.1) is 18.7 Å². The molecule has 2 aromatic rings. The van der Waals surface area contributed by atoms with E-state index >= 15 is 0 Å². The smallest absolute Gasteiger partial charge is 0.339 e. The molecule has 0 radical (unpaired) electrons. The first-order valence-electron chi connectivity index (χ1n) is 7.60. The van der Waals surface area contributed by atoms with E-state index in [0.29, 0.717) is 30.1 Å². The summed E-state index contributed by atoms with van der Waals surface area (Å²) in [5.41, 5.74) is 2.62. The van der Waals surface area contributed by atoms with Crippen molar-refractivity contribution < 1.29 is 13.9 Å². The van der Waals surface area contributed by atoms with Crippen LogP contribution in [0.5, 0.6) is 5.75 Å². The predicted octanol–water partition coefficient (Wildman–Crippen LogP) is 1.78. The van der Waals surface area contributed by atoms with Crippen LogP contribution in [0.15, 0.2) is 26.3 Å². The monoisotopic (exact) mass is 316 g/mol. The maximum Gasteiger partial charge on any atom is 0.339 e. The van der Waals surface area contributed by atoms with Gasteiger partial charge in [0.2, 0.25) is 0 Å². The molecule has 1 N–H and O–H groups in total. The molecule has 0 aliphatic carbocycles. The van der Waals surface area contributed by atoms with Crippen LogP contribution in [0.25, 0.3) is 11.0 Å². The Morgan fingerprint density at radius 3 is 2.78 bits per heavy atom. The summed E-state index contributed by atoms with van der Waals surface area (Å²) in [5, 5.41) is 4.16. The molecular weight excluding hydrogens is 296 g/mol. The van der Waals surface area contributed by atoms with Crippen molar-refractivity contribution in [2.45, 2.75) is 13.8 Å². The van der Waals surface area contributed by atoms with E-state index in [0.717, 1.165) is 35.4 Å². The van der Waals surface area contributed by atoms with Crippen molar-refractivity contribution in [1.82, 2.24) is 5.32 Å². The molecule has 0 atom stereocenters. The van der Waals surface area contributed by atoms with Gasteiger partial charge < -0.3 is 19.2 Å². The van der Waals surface area contributed by atoms with Gasteiger partial charge in [-0.1, -0.05) is 0 Å². The summed E-state index contributed by atoms with van der Waals surface area (Å²) >= 11 is 0. The van der Waals surface area contributed by atoms with Crippen LogP contribution in [0.2, 0.25) is 0 Å². The zero-order valence-corrected chi connectivity index (χ0v) is 13.6. The number of rotatable bonds is 5. The molecule has 3 rings (SSSR count). The van der Waals surface area contributed by atoms with Gasteiger partial charge in [-0.3, -0.25) is 4.99 Å². The third-order valence-corrected chi connectivity index (χ3v) is 4.03. The molecule has 6 heteroatoms. The lowest BCUT2D eigenvalue weighted by molar-refractivity contribution is 0.146. The summed E-state index contributed by atoms with van der Waals surface area (Å²) in [5.74, 6) is 1.44. The first-order valence-corrected chi connectivity index (χ1v) is 7.60. The quantitative estimate of drug-likeness (QED) is 0.672. The van der Waals surface area contributed by atoms with E-state index in [1.807, 2.05) is 13.0 Å². The number of ether oxygens (including phenoxy) is 2. The number of benzene rings is 1. The van der Waals surface area contributed by atoms with E-state index in [9.17, 15) is 4.79 Å². The first-order chi connectivity index (χ1) is 11.1. The lowest BCUT2D eigenvalue weighted by Gasteiger charge is -2.14. The number of hydrogen-bond acceptors (Lipinski definition) is 6. The van der Waals surface area contributed by atoms with Gasteiger partial charge in [0.25, 0.3) is 0 Å². The summed E-state index contributed by atoms with van der Waals surface area (Å²) in [6.07, 6.45) is 0. The number of aryl methyl sites for hydroxylation is 1. The van der Waals surface area contributed by atoms with Crippen LogP contribution in [0, 0.1) is 13.8 Å². The average molecular weight is 316 g/mol. The van der Waals surface area contributed by atoms with Gasteiger partial charge >= 0.3 is 5.63 Å². The Balaban J connectivity index is 2.16. The van der Waals surface area contributed by atoms with Gasteiger partial charge in [-0.25, -0.2) is 4.79 Å². The molecule has 0 bridgehead atoms. The van der Waals surface area contributed by atoms with E-state index in [1.54, 1.807) is 20.1 Å². The van der Waals surface area contributed by atoms with E-state index in [1.165, 1.54) is 0 Å². The zero-order valence-electron chi connectivity index (χ0n) is 13.6. The van der Waals surface area contributed by atoms with Crippen LogP contribution in [-0.2, 0) is 4.74 Å². The second kappa shape index (κ2) is 6.42. The topological polar surface area (TPSA) is 73.1 Å². The largest absolute Gasteiger partial charge is 0.490 e. The molecule has 1 aromatic carbocycles. The first kappa shape index (κ1) is 15.6. The molecular formula is C17H20N2O4. The van der Waals surface area contributed by atoms with Crippen molar-refractivity contribution in [3.8, 4) is 5.75 Å². The van der Waals surface area contributed by atoms with Gasteiger partial charge in [-0.05, 0) is 25.5 Å². The fourth-order valence-electron chi connectivity index (χ4n) is 2.59. The molecule has 0 saturated carbocycles. The number of methoxy groups -OCH3 is 1. The highest BCUT2D eigenvalue weighted by molar-refractivity contribution is 6.05. The number of fused-ring (bicyclic) bond motifs is 1. The highest BCUT2D eigenvalue weighted by Crippen LogP contribution is 2.29. The Hall–Kier alpha value is -2.34. The molecule has 0 unspecified atom stereocenters. The highest BCUT2D eigenvalue weighted by Gasteiger charge is 2.18. The van der Waals surface area contributed by atoms with Crippen LogP contribution in [0.4, 0.5) is 0 Å². The van der Waals surface area contributed by atoms with Gasteiger partial charge in [-0.15, -0.1) is 0 Å². The average Bonchev–Trinajstić information content (AvgIpc) is 3.07. The third-order valence-electron chi connectivity index (χ3n) is 4.03. The number of hydrogen-bond donors (Lipinski definition) is 1. The number of aliphatic imine (C=N–C) groups is 1. The SMILES string of the molecule is COCCOc1cc2oc(=O)c(C)c(C)c2cc1C1=NCCN1. The van der Waals surface area contributed by atoms with Crippen molar-refractivity contribution in [1.29, 1.82) is 0 Å². The van der Waals surface area contributed by atoms with Crippen LogP contribution in [-0.4, -0.2) is 39.2 Å². The second-order valence-electron chi connectivity index (χ2n) is 5.48. The number of nitrogens with zero attached hydrogens (tertiary/aromatic N) is 1. The summed E-state index contributed by atoms with van der Waals surface area (Å²) in [4.78, 5) is 16.4. The molecule has 2 heterocycles. The zero-order chi connectivity index (χ0) is 16.4. The van der Waals surface area contributed by atoms with E-state index in [4.69, 9.17) is 13.9 Å². The van der Waals surface area contributed by atoms with Gasteiger partial charge in [0, 0.05) is 30.7 Å². The summed E-state index contributed by atoms with van der Waals surface area (Å²) in [6.45, 7) is 6.15. The fourth-order valence-corrected chi connectivity index (χ4v) is 2.59. The maximum atomic E-state index is 11.9. The van der Waals surface area contributed by atoms with Gasteiger partial charge in [0.15, 0.2) is 0 Å². The molecule has 0 saturated heterocycles. The molecule has 1 aliphatic heterocycles. The molecule has 122 valence electrons. The molecule has 0 spiro atoms. The summed E-state index contributed by atoms with van der Waals surface area (Å²) in [7, 11) is 1.62. The Kier molecular flexibility index (Phi) is 4.34. The minimum absolute atomic E-state index is 0.318. The van der Waals surface area contributed by atoms with Crippen molar-refractivity contribution in [3.05, 3.63) is 39.2 Å². The Labute approximate surface area is 134 Å². The van der Waals surface area contributed by atoms with Crippen molar-refractivity contribution >= 4 is 16.8 Å². The maximum absolute atomic E-state index is 11.9. The molecule has 1 aliphatic rings. The molecule has 6 nitrogen and oxygen atoms in total. The van der Waals surface area contributed by atoms with Crippen LogP contribution in [0.1, 0.15) is 16.7 Å². The second-order valence-corrected chi connectivity index (χ2v) is 5.48. The lowest BCUT2D eigenvalue weighted by Crippen LogP contribution is -2.21. The minimum Gasteiger partial charge on any atom is -0.490 e. The molecule has 0 amide bonds. The predicted molar refractivity (Wildman–Crippen MR) is 88.7 cm³/mol. The van der Waals surface area contributed by atoms with Gasteiger partial charge in [0.1, 0.15) is 23.8 Å². The van der Waals surface area contributed by atoms with Crippen LogP contribution in [0.3, 0.4) is 0 Å². The summed E-state index contributed by atoms with van der Waals surface area (Å²) in [6, 6.07) is 3.73. The van der Waals surface area contributed by atoms with Crippen molar-refractivity contribution in [2.24, 2.45) is 4.99 Å². The molecule has 23 heavy (non-hydrogen) atoms. The van der Waals surface area contributed by atoms with E-state index in [-0.39, 0.29) is 5.63 Å². The van der Waals surface area contributed by atoms with Crippen molar-refractivity contribution in [3.63, 3.8) is 0 Å². The summed E-state index contributed by atoms with van der Waals surface area (Å²) < 4.78 is 16.2. The number of amidine groups is 1. The highest BCUT2D eigenvalue weighted by atomic mass is 16.5. The number of nitrogens with one attached hydrogen (secondary N) is 1. The van der Waals surface area contributed by atoms with Crippen molar-refractivity contribution in [2.75, 3.05) is 33.4 Å². The Morgan fingerprint density at radius 2 is 2.09 bits per heavy atom. The Bertz CT molecular complexity index is 823. The Morgan fingerprint density at radius 1 is 1.26 bits per heavy atom. The van der Waals surface area contributed by atoms with Gasteiger partial charge in [-0.2, -0.15) is 0 Å². The van der Waals surface area contributed by atoms with Crippen LogP contribution < -0.4 is 15.7 Å². The molecule has 0 fully saturated rings. The fraction of sp³-hybridized carbons (Fsp3) is 0.412. The normalized spacial score (nSPS) is 14.0. The third kappa shape index (κ3) is 2.94. The van der Waals surface area contributed by atoms with E-state index < -0.39 is 0 Å².